The van der Waals surface area contributed by atoms with Crippen molar-refractivity contribution in [2.24, 2.45) is 5.73 Å². The summed E-state index contributed by atoms with van der Waals surface area (Å²) in [6.45, 7) is 3.69. The van der Waals surface area contributed by atoms with Crippen LogP contribution in [0.2, 0.25) is 5.02 Å². The van der Waals surface area contributed by atoms with Gasteiger partial charge in [0.05, 0.1) is 17.3 Å². The van der Waals surface area contributed by atoms with Crippen LogP contribution in [0.3, 0.4) is 0 Å². The molecule has 19 heavy (non-hydrogen) atoms. The molecule has 0 fully saturated rings. The first-order valence-electron chi connectivity index (χ1n) is 5.62. The zero-order valence-corrected chi connectivity index (χ0v) is 12.3. The van der Waals surface area contributed by atoms with E-state index in [0.29, 0.717) is 10.6 Å². The minimum Gasteiger partial charge on any atom is -0.320 e. The molecule has 0 saturated carbocycles. The van der Waals surface area contributed by atoms with Crippen LogP contribution >= 0.6 is 11.6 Å². The van der Waals surface area contributed by atoms with Crippen molar-refractivity contribution in [1.29, 1.82) is 0 Å². The zero-order valence-electron chi connectivity index (χ0n) is 10.7. The maximum absolute atomic E-state index is 11.8. The maximum Gasteiger partial charge on any atom is 0.299 e. The molecule has 4 N–H and O–H groups in total. The third-order valence-electron chi connectivity index (χ3n) is 1.94. The molecule has 0 radical (unpaired) electrons. The Bertz CT molecular complexity index is 603. The average Bonchev–Trinajstić information content (AvgIpc) is 2.28. The standard InChI is InChI=1S/C12H16ClN3O2S/c1-9(2)15-19(17,18)16-12-8-10(4-3-7-14)5-6-11(12)13/h5-6,8-9,15-16H,7,14H2,1-2H3. The van der Waals surface area contributed by atoms with Gasteiger partial charge in [-0.15, -0.1) is 0 Å². The summed E-state index contributed by atoms with van der Waals surface area (Å²) in [5.41, 5.74) is 6.19. The van der Waals surface area contributed by atoms with Gasteiger partial charge in [-0.1, -0.05) is 23.4 Å². The molecular formula is C12H16ClN3O2S. The fourth-order valence-corrected chi connectivity index (χ4v) is 2.68. The van der Waals surface area contributed by atoms with Gasteiger partial charge in [-0.2, -0.15) is 13.1 Å². The lowest BCUT2D eigenvalue weighted by molar-refractivity contribution is 0.575. The summed E-state index contributed by atoms with van der Waals surface area (Å²) in [5, 5.41) is 0.299. The maximum atomic E-state index is 11.8. The van der Waals surface area contributed by atoms with Crippen LogP contribution in [0.15, 0.2) is 18.2 Å². The van der Waals surface area contributed by atoms with Crippen LogP contribution < -0.4 is 15.2 Å². The van der Waals surface area contributed by atoms with E-state index in [2.05, 4.69) is 21.3 Å². The molecular weight excluding hydrogens is 286 g/mol. The monoisotopic (exact) mass is 301 g/mol. The number of anilines is 1. The van der Waals surface area contributed by atoms with E-state index in [4.69, 9.17) is 17.3 Å². The van der Waals surface area contributed by atoms with Crippen LogP contribution in [0.25, 0.3) is 0 Å². The van der Waals surface area contributed by atoms with Crippen molar-refractivity contribution in [3.63, 3.8) is 0 Å². The Morgan fingerprint density at radius 3 is 2.68 bits per heavy atom. The first kappa shape index (κ1) is 15.8. The highest BCUT2D eigenvalue weighted by atomic mass is 35.5. The van der Waals surface area contributed by atoms with Crippen molar-refractivity contribution in [3.8, 4) is 11.8 Å². The summed E-state index contributed by atoms with van der Waals surface area (Å²) >= 11 is 5.95. The minimum absolute atomic E-state index is 0.212. The van der Waals surface area contributed by atoms with Crippen LogP contribution in [-0.2, 0) is 10.2 Å². The second-order valence-electron chi connectivity index (χ2n) is 4.08. The Morgan fingerprint density at radius 2 is 2.11 bits per heavy atom. The summed E-state index contributed by atoms with van der Waals surface area (Å²) in [6.07, 6.45) is 0. The molecule has 0 aromatic heterocycles. The van der Waals surface area contributed by atoms with Gasteiger partial charge in [0.2, 0.25) is 0 Å². The molecule has 1 aromatic carbocycles. The van der Waals surface area contributed by atoms with Gasteiger partial charge >= 0.3 is 0 Å². The molecule has 0 bridgehead atoms. The third-order valence-corrected chi connectivity index (χ3v) is 3.54. The largest absolute Gasteiger partial charge is 0.320 e. The minimum atomic E-state index is -3.65. The van der Waals surface area contributed by atoms with E-state index in [1.807, 2.05) is 0 Å². The number of nitrogens with one attached hydrogen (secondary N) is 2. The molecule has 0 saturated heterocycles. The van der Waals surface area contributed by atoms with Gasteiger partial charge in [-0.05, 0) is 32.0 Å². The second kappa shape index (κ2) is 6.78. The van der Waals surface area contributed by atoms with Crippen LogP contribution in [0.1, 0.15) is 19.4 Å². The van der Waals surface area contributed by atoms with Crippen LogP contribution in [0.4, 0.5) is 5.69 Å². The van der Waals surface area contributed by atoms with E-state index < -0.39 is 10.2 Å². The Labute approximate surface area is 118 Å². The lowest BCUT2D eigenvalue weighted by Crippen LogP contribution is -2.35. The summed E-state index contributed by atoms with van der Waals surface area (Å²) in [4.78, 5) is 0. The molecule has 0 aliphatic rings. The number of benzene rings is 1. The predicted octanol–water partition coefficient (Wildman–Crippen LogP) is 1.30. The number of nitrogens with two attached hydrogens (primary N) is 1. The average molecular weight is 302 g/mol. The van der Waals surface area contributed by atoms with Crippen LogP contribution in [-0.4, -0.2) is 21.0 Å². The number of hydrogen-bond acceptors (Lipinski definition) is 3. The summed E-state index contributed by atoms with van der Waals surface area (Å²) < 4.78 is 28.3. The second-order valence-corrected chi connectivity index (χ2v) is 5.93. The highest BCUT2D eigenvalue weighted by Gasteiger charge is 2.13. The van der Waals surface area contributed by atoms with Crippen molar-refractivity contribution in [2.75, 3.05) is 11.3 Å². The van der Waals surface area contributed by atoms with E-state index >= 15 is 0 Å². The first-order chi connectivity index (χ1) is 8.84. The normalized spacial score (nSPS) is 11.0. The number of halogens is 1. The van der Waals surface area contributed by atoms with Gasteiger partial charge in [-0.3, -0.25) is 4.72 Å². The molecule has 0 aliphatic heterocycles. The van der Waals surface area contributed by atoms with Crippen molar-refractivity contribution in [3.05, 3.63) is 28.8 Å². The molecule has 0 unspecified atom stereocenters. The molecule has 7 heteroatoms. The SMILES string of the molecule is CC(C)NS(=O)(=O)Nc1cc(C#CCN)ccc1Cl. The fourth-order valence-electron chi connectivity index (χ4n) is 1.32. The highest BCUT2D eigenvalue weighted by Crippen LogP contribution is 2.23. The Hall–Kier alpha value is -1.26. The molecule has 0 heterocycles. The lowest BCUT2D eigenvalue weighted by Gasteiger charge is -2.12. The van der Waals surface area contributed by atoms with Gasteiger partial charge in [0.15, 0.2) is 0 Å². The van der Waals surface area contributed by atoms with Crippen molar-refractivity contribution in [2.45, 2.75) is 19.9 Å². The van der Waals surface area contributed by atoms with Crippen molar-refractivity contribution >= 4 is 27.5 Å². The molecule has 0 atom stereocenters. The molecule has 1 aromatic rings. The van der Waals surface area contributed by atoms with Crippen LogP contribution in [0, 0.1) is 11.8 Å². The molecule has 0 amide bonds. The van der Waals surface area contributed by atoms with Crippen LogP contribution in [0.5, 0.6) is 0 Å². The molecule has 5 nitrogen and oxygen atoms in total. The smallest absolute Gasteiger partial charge is 0.299 e. The van der Waals surface area contributed by atoms with Gasteiger partial charge < -0.3 is 5.73 Å². The van der Waals surface area contributed by atoms with Gasteiger partial charge in [-0.25, -0.2) is 0 Å². The highest BCUT2D eigenvalue weighted by molar-refractivity contribution is 7.90. The number of rotatable bonds is 4. The fraction of sp³-hybridized carbons (Fsp3) is 0.333. The summed E-state index contributed by atoms with van der Waals surface area (Å²) in [7, 11) is -3.65. The summed E-state index contributed by atoms with van der Waals surface area (Å²) in [6, 6.07) is 4.62. The van der Waals surface area contributed by atoms with Crippen molar-refractivity contribution < 1.29 is 8.42 Å². The quantitative estimate of drug-likeness (QED) is 0.733. The van der Waals surface area contributed by atoms with E-state index in [1.54, 1.807) is 32.0 Å². The van der Waals surface area contributed by atoms with Gasteiger partial charge in [0.1, 0.15) is 0 Å². The predicted molar refractivity (Wildman–Crippen MR) is 78.2 cm³/mol. The molecule has 0 spiro atoms. The first-order valence-corrected chi connectivity index (χ1v) is 7.48. The van der Waals surface area contributed by atoms with Gasteiger partial charge in [0, 0.05) is 11.6 Å². The Morgan fingerprint density at radius 1 is 1.42 bits per heavy atom. The molecule has 0 aliphatic carbocycles. The number of hydrogen-bond donors (Lipinski definition) is 3. The Kier molecular flexibility index (Phi) is 5.63. The third kappa shape index (κ3) is 5.49. The van der Waals surface area contributed by atoms with E-state index in [0.717, 1.165) is 0 Å². The van der Waals surface area contributed by atoms with E-state index in [-0.39, 0.29) is 18.3 Å². The topological polar surface area (TPSA) is 84.2 Å². The van der Waals surface area contributed by atoms with Crippen molar-refractivity contribution in [1.82, 2.24) is 4.72 Å². The zero-order chi connectivity index (χ0) is 14.5. The van der Waals surface area contributed by atoms with E-state index in [9.17, 15) is 8.42 Å². The molecule has 104 valence electrons. The Balaban J connectivity index is 3.00. The van der Waals surface area contributed by atoms with Gasteiger partial charge in [0.25, 0.3) is 10.2 Å². The summed E-state index contributed by atoms with van der Waals surface area (Å²) in [5.74, 6) is 5.50. The molecule has 1 rings (SSSR count). The lowest BCUT2D eigenvalue weighted by atomic mass is 10.2. The van der Waals surface area contributed by atoms with E-state index in [1.165, 1.54) is 0 Å².